The molecule has 296 valence electrons. The third-order valence-electron chi connectivity index (χ3n) is 10.6. The predicted octanol–water partition coefficient (Wildman–Crippen LogP) is 13.3. The highest BCUT2D eigenvalue weighted by atomic mass is 16.5. The number of carbonyl (C=O) groups excluding carboxylic acids is 1. The predicted molar refractivity (Wildman–Crippen MR) is 221 cm³/mol. The summed E-state index contributed by atoms with van der Waals surface area (Å²) in [6.45, 7) is 10.9. The summed E-state index contributed by atoms with van der Waals surface area (Å²) in [5.74, 6) is 1.62. The van der Waals surface area contributed by atoms with Crippen LogP contribution in [0.15, 0.2) is 42.6 Å². The van der Waals surface area contributed by atoms with E-state index in [0.717, 1.165) is 61.6 Å². The molecule has 1 heterocycles. The van der Waals surface area contributed by atoms with Crippen molar-refractivity contribution >= 4 is 5.91 Å². The first-order valence-electron chi connectivity index (χ1n) is 22.2. The van der Waals surface area contributed by atoms with Crippen LogP contribution in [-0.2, 0) is 17.9 Å². The van der Waals surface area contributed by atoms with Crippen LogP contribution in [0, 0.1) is 6.92 Å². The van der Waals surface area contributed by atoms with Crippen molar-refractivity contribution in [3.63, 3.8) is 0 Å². The molecule has 5 nitrogen and oxygen atoms in total. The zero-order valence-corrected chi connectivity index (χ0v) is 34.5. The van der Waals surface area contributed by atoms with Gasteiger partial charge in [0.25, 0.3) is 5.91 Å². The quantitative estimate of drug-likeness (QED) is 0.0569. The van der Waals surface area contributed by atoms with E-state index in [2.05, 4.69) is 55.9 Å². The van der Waals surface area contributed by atoms with Crippen LogP contribution in [0.1, 0.15) is 205 Å². The molecule has 1 atom stereocenters. The summed E-state index contributed by atoms with van der Waals surface area (Å²) in [4.78, 5) is 13.5. The fourth-order valence-corrected chi connectivity index (χ4v) is 7.17. The second kappa shape index (κ2) is 31.9. The Morgan fingerprint density at radius 1 is 0.635 bits per heavy atom. The maximum Gasteiger partial charge on any atom is 0.261 e. The summed E-state index contributed by atoms with van der Waals surface area (Å²) in [6.07, 6.45) is 36.9. The Labute approximate surface area is 321 Å². The minimum Gasteiger partial charge on any atom is -0.494 e. The molecular weight excluding hydrogens is 641 g/mol. The molecule has 5 heteroatoms. The van der Waals surface area contributed by atoms with Crippen LogP contribution in [-0.4, -0.2) is 18.6 Å². The first-order valence-corrected chi connectivity index (χ1v) is 22.2. The van der Waals surface area contributed by atoms with Gasteiger partial charge in [0.15, 0.2) is 12.3 Å². The summed E-state index contributed by atoms with van der Waals surface area (Å²) in [7, 11) is 0. The molecular formula is C47H81N2O3+. The molecule has 0 aliphatic heterocycles. The largest absolute Gasteiger partial charge is 0.494 e. The van der Waals surface area contributed by atoms with Crippen LogP contribution in [0.5, 0.6) is 11.5 Å². The van der Waals surface area contributed by atoms with Crippen molar-refractivity contribution in [3.8, 4) is 11.5 Å². The SMILES string of the molecule is CCCCCCCCCCCCCCCCC(Oc1ccc(OCCCCCCCCCCCCCC)cc1C)C(=O)NCc1cccc[n+]1CC. The third-order valence-corrected chi connectivity index (χ3v) is 10.6. The van der Waals surface area contributed by atoms with Crippen molar-refractivity contribution in [1.29, 1.82) is 0 Å². The van der Waals surface area contributed by atoms with Crippen molar-refractivity contribution in [2.75, 3.05) is 6.61 Å². The van der Waals surface area contributed by atoms with Crippen molar-refractivity contribution in [1.82, 2.24) is 5.32 Å². The van der Waals surface area contributed by atoms with Gasteiger partial charge in [0.2, 0.25) is 5.69 Å². The summed E-state index contributed by atoms with van der Waals surface area (Å²) in [6, 6.07) is 12.2. The highest BCUT2D eigenvalue weighted by molar-refractivity contribution is 5.81. The lowest BCUT2D eigenvalue weighted by atomic mass is 10.0. The normalized spacial score (nSPS) is 11.8. The van der Waals surface area contributed by atoms with E-state index in [9.17, 15) is 4.79 Å². The smallest absolute Gasteiger partial charge is 0.261 e. The Morgan fingerprint density at radius 2 is 1.13 bits per heavy atom. The number of carbonyl (C=O) groups is 1. The van der Waals surface area contributed by atoms with Gasteiger partial charge in [0.05, 0.1) is 6.61 Å². The summed E-state index contributed by atoms with van der Waals surface area (Å²) in [5.41, 5.74) is 2.11. The van der Waals surface area contributed by atoms with Gasteiger partial charge in [0, 0.05) is 12.1 Å². The summed E-state index contributed by atoms with van der Waals surface area (Å²) >= 11 is 0. The number of nitrogens with zero attached hydrogens (tertiary/aromatic N) is 1. The van der Waals surface area contributed by atoms with Gasteiger partial charge in [-0.2, -0.15) is 0 Å². The molecule has 2 aromatic rings. The van der Waals surface area contributed by atoms with Gasteiger partial charge in [-0.25, -0.2) is 4.57 Å². The molecule has 0 saturated carbocycles. The molecule has 0 radical (unpaired) electrons. The van der Waals surface area contributed by atoms with E-state index in [1.165, 1.54) is 148 Å². The Bertz CT molecular complexity index is 1140. The maximum atomic E-state index is 13.5. The van der Waals surface area contributed by atoms with E-state index in [1.807, 2.05) is 24.3 Å². The molecule has 1 aromatic heterocycles. The first kappa shape index (κ1) is 45.6. The van der Waals surface area contributed by atoms with E-state index in [0.29, 0.717) is 6.54 Å². The van der Waals surface area contributed by atoms with E-state index in [4.69, 9.17) is 9.47 Å². The average Bonchev–Trinajstić information content (AvgIpc) is 3.16. The first-order chi connectivity index (χ1) is 25.6. The highest BCUT2D eigenvalue weighted by Gasteiger charge is 2.22. The number of nitrogens with one attached hydrogen (secondary N) is 1. The van der Waals surface area contributed by atoms with Crippen LogP contribution in [0.3, 0.4) is 0 Å². The minimum absolute atomic E-state index is 0.0344. The molecule has 0 aliphatic rings. The van der Waals surface area contributed by atoms with E-state index in [-0.39, 0.29) is 5.91 Å². The lowest BCUT2D eigenvalue weighted by Crippen LogP contribution is -2.43. The second-order valence-electron chi connectivity index (χ2n) is 15.4. The Kier molecular flexibility index (Phi) is 28.0. The number of aromatic nitrogens is 1. The number of benzene rings is 1. The second-order valence-corrected chi connectivity index (χ2v) is 15.4. The van der Waals surface area contributed by atoms with Gasteiger partial charge < -0.3 is 14.8 Å². The monoisotopic (exact) mass is 722 g/mol. The molecule has 2 rings (SSSR count). The molecule has 0 bridgehead atoms. The molecule has 1 unspecified atom stereocenters. The van der Waals surface area contributed by atoms with Crippen molar-refractivity contribution in [3.05, 3.63) is 53.9 Å². The number of amides is 1. The maximum absolute atomic E-state index is 13.5. The van der Waals surface area contributed by atoms with Crippen molar-refractivity contribution in [2.24, 2.45) is 0 Å². The fourth-order valence-electron chi connectivity index (χ4n) is 7.17. The lowest BCUT2D eigenvalue weighted by Gasteiger charge is -2.20. The molecule has 0 spiro atoms. The van der Waals surface area contributed by atoms with Crippen LogP contribution in [0.25, 0.3) is 0 Å². The fraction of sp³-hybridized carbons (Fsp3) is 0.745. The summed E-state index contributed by atoms with van der Waals surface area (Å²) in [5, 5.41) is 3.18. The van der Waals surface area contributed by atoms with Gasteiger partial charge in [-0.3, -0.25) is 4.79 Å². The molecule has 0 aliphatic carbocycles. The number of ether oxygens (including phenoxy) is 2. The summed E-state index contributed by atoms with van der Waals surface area (Å²) < 4.78 is 14.8. The standard InChI is InChI=1S/C47H80N2O3/c1-5-8-10-12-14-16-18-20-21-22-24-26-28-30-35-46(47(50)48-41-43-34-31-32-38-49(43)7-3)52-45-37-36-44(40-42(45)4)51-39-33-29-27-25-23-19-17-15-13-11-9-6-2/h31-32,34,36-38,40,46H,5-30,33,35,39,41H2,1-4H3/p+1. The molecule has 1 aromatic carbocycles. The number of pyridine rings is 1. The van der Waals surface area contributed by atoms with Crippen LogP contribution < -0.4 is 19.4 Å². The Hall–Kier alpha value is -2.56. The van der Waals surface area contributed by atoms with E-state index in [1.54, 1.807) is 0 Å². The van der Waals surface area contributed by atoms with Crippen LogP contribution in [0.2, 0.25) is 0 Å². The third kappa shape index (κ3) is 22.5. The molecule has 0 fully saturated rings. The zero-order chi connectivity index (χ0) is 37.3. The average molecular weight is 722 g/mol. The zero-order valence-electron chi connectivity index (χ0n) is 34.5. The number of hydrogen-bond acceptors (Lipinski definition) is 3. The molecule has 1 N–H and O–H groups in total. The number of unbranched alkanes of at least 4 members (excludes halogenated alkanes) is 24. The minimum atomic E-state index is -0.511. The number of aryl methyl sites for hydroxylation is 2. The van der Waals surface area contributed by atoms with Crippen LogP contribution >= 0.6 is 0 Å². The Balaban J connectivity index is 1.74. The van der Waals surface area contributed by atoms with Gasteiger partial charge in [-0.05, 0) is 56.9 Å². The van der Waals surface area contributed by atoms with Gasteiger partial charge in [0.1, 0.15) is 24.6 Å². The lowest BCUT2D eigenvalue weighted by molar-refractivity contribution is -0.701. The highest BCUT2D eigenvalue weighted by Crippen LogP contribution is 2.26. The molecule has 1 amide bonds. The topological polar surface area (TPSA) is 51.4 Å². The van der Waals surface area contributed by atoms with Crippen molar-refractivity contribution < 1.29 is 18.8 Å². The van der Waals surface area contributed by atoms with Gasteiger partial charge in [-0.15, -0.1) is 0 Å². The molecule has 52 heavy (non-hydrogen) atoms. The number of rotatable bonds is 35. The van der Waals surface area contributed by atoms with Crippen molar-refractivity contribution in [2.45, 2.75) is 220 Å². The molecule has 0 saturated heterocycles. The van der Waals surface area contributed by atoms with Gasteiger partial charge in [-0.1, -0.05) is 174 Å². The van der Waals surface area contributed by atoms with E-state index < -0.39 is 6.10 Å². The van der Waals surface area contributed by atoms with Crippen LogP contribution in [0.4, 0.5) is 0 Å². The van der Waals surface area contributed by atoms with E-state index >= 15 is 0 Å². The number of hydrogen-bond donors (Lipinski definition) is 1. The van der Waals surface area contributed by atoms with Gasteiger partial charge >= 0.3 is 0 Å². The Morgan fingerprint density at radius 3 is 1.63 bits per heavy atom.